The van der Waals surface area contributed by atoms with Gasteiger partial charge in [-0.1, -0.05) is 141 Å². The van der Waals surface area contributed by atoms with E-state index >= 15 is 0 Å². The van der Waals surface area contributed by atoms with E-state index < -0.39 is 0 Å². The molecule has 0 spiro atoms. The zero-order valence-electron chi connectivity index (χ0n) is 26.8. The first-order valence-corrected chi connectivity index (χ1v) is 17.3. The molecule has 2 amide bonds. The number of carbonyl (C=O) groups is 2. The van der Waals surface area contributed by atoms with Crippen LogP contribution in [0.5, 0.6) is 0 Å². The first kappa shape index (κ1) is 41.0. The summed E-state index contributed by atoms with van der Waals surface area (Å²) in [5, 5.41) is 2.58. The lowest BCUT2D eigenvalue weighted by molar-refractivity contribution is -0.130. The van der Waals surface area contributed by atoms with E-state index in [0.717, 1.165) is 25.7 Å². The number of hydrogen-bond acceptors (Lipinski definition) is 2. The molecule has 0 heterocycles. The number of nitrogens with one attached hydrogen (secondary N) is 1. The summed E-state index contributed by atoms with van der Waals surface area (Å²) in [6, 6.07) is 0. The number of rotatable bonds is 30. The van der Waals surface area contributed by atoms with Crippen LogP contribution in [0.15, 0.2) is 24.3 Å². The zero-order chi connectivity index (χ0) is 28.5. The standard InChI is InChI=1S/C36H67NO2.ClH/c1-3-5-7-9-11-13-15-17-19-21-23-25-27-29-31-33-35(38)37-36(39)34-32-30-28-26-24-22-20-18-16-14-12-10-8-6-4-2;/h17-20H,3-16,21-34H2,1-2H3,(H,37,38,39);1H. The Morgan fingerprint density at radius 2 is 0.650 bits per heavy atom. The topological polar surface area (TPSA) is 46.2 Å². The van der Waals surface area contributed by atoms with Crippen LogP contribution >= 0.6 is 12.4 Å². The van der Waals surface area contributed by atoms with Gasteiger partial charge in [0.2, 0.25) is 11.8 Å². The van der Waals surface area contributed by atoms with E-state index in [1.807, 2.05) is 0 Å². The number of carbonyl (C=O) groups excluding carboxylic acids is 2. The average molecular weight is 582 g/mol. The molecule has 0 aromatic rings. The van der Waals surface area contributed by atoms with Gasteiger partial charge >= 0.3 is 0 Å². The monoisotopic (exact) mass is 581 g/mol. The summed E-state index contributed by atoms with van der Waals surface area (Å²) in [5.74, 6) is -0.184. The van der Waals surface area contributed by atoms with Crippen LogP contribution < -0.4 is 5.32 Å². The SMILES string of the molecule is CCCCCCCCC=CCCCCCCCC(=O)NC(=O)CCCCCCCC=CCCCCCCCC.Cl. The second kappa shape index (κ2) is 35.9. The van der Waals surface area contributed by atoms with Gasteiger partial charge in [0.25, 0.3) is 0 Å². The van der Waals surface area contributed by atoms with Gasteiger partial charge in [0, 0.05) is 12.8 Å². The molecule has 236 valence electrons. The summed E-state index contributed by atoms with van der Waals surface area (Å²) < 4.78 is 0. The van der Waals surface area contributed by atoms with Gasteiger partial charge in [-0.25, -0.2) is 0 Å². The summed E-state index contributed by atoms with van der Waals surface area (Å²) in [6.07, 6.45) is 42.9. The zero-order valence-corrected chi connectivity index (χ0v) is 27.6. The van der Waals surface area contributed by atoms with Gasteiger partial charge in [-0.3, -0.25) is 14.9 Å². The Morgan fingerprint density at radius 1 is 0.400 bits per heavy atom. The van der Waals surface area contributed by atoms with Gasteiger partial charge in [-0.2, -0.15) is 0 Å². The van der Waals surface area contributed by atoms with Crippen LogP contribution in [-0.4, -0.2) is 11.8 Å². The van der Waals surface area contributed by atoms with Gasteiger partial charge in [-0.15, -0.1) is 12.4 Å². The van der Waals surface area contributed by atoms with Crippen molar-refractivity contribution < 1.29 is 9.59 Å². The van der Waals surface area contributed by atoms with E-state index in [-0.39, 0.29) is 24.2 Å². The molecule has 0 aliphatic heterocycles. The fourth-order valence-electron chi connectivity index (χ4n) is 4.99. The number of unbranched alkanes of at least 4 members (excludes halogenated alkanes) is 22. The van der Waals surface area contributed by atoms with Crippen LogP contribution in [0.1, 0.15) is 194 Å². The van der Waals surface area contributed by atoms with Crippen molar-refractivity contribution in [2.24, 2.45) is 0 Å². The Bertz CT molecular complexity index is 537. The van der Waals surface area contributed by atoms with Gasteiger partial charge < -0.3 is 0 Å². The van der Waals surface area contributed by atoms with Crippen molar-refractivity contribution in [2.75, 3.05) is 0 Å². The van der Waals surface area contributed by atoms with Gasteiger partial charge in [0.15, 0.2) is 0 Å². The van der Waals surface area contributed by atoms with Crippen molar-refractivity contribution in [2.45, 2.75) is 194 Å². The van der Waals surface area contributed by atoms with Crippen molar-refractivity contribution in [1.82, 2.24) is 5.32 Å². The lowest BCUT2D eigenvalue weighted by Gasteiger charge is -2.05. The van der Waals surface area contributed by atoms with Crippen molar-refractivity contribution in [3.8, 4) is 0 Å². The Labute approximate surface area is 256 Å². The number of hydrogen-bond donors (Lipinski definition) is 1. The summed E-state index contributed by atoms with van der Waals surface area (Å²) in [4.78, 5) is 24.0. The number of halogens is 1. The van der Waals surface area contributed by atoms with Crippen molar-refractivity contribution in [1.29, 1.82) is 0 Å². The van der Waals surface area contributed by atoms with E-state index in [2.05, 4.69) is 43.5 Å². The van der Waals surface area contributed by atoms with Gasteiger partial charge in [-0.05, 0) is 64.2 Å². The van der Waals surface area contributed by atoms with E-state index in [1.54, 1.807) is 0 Å². The maximum absolute atomic E-state index is 12.0. The van der Waals surface area contributed by atoms with Crippen LogP contribution in [0.25, 0.3) is 0 Å². The molecule has 0 rings (SSSR count). The smallest absolute Gasteiger partial charge is 0.226 e. The number of imide groups is 1. The third kappa shape index (κ3) is 34.9. The Kier molecular flexibility index (Phi) is 36.9. The lowest BCUT2D eigenvalue weighted by Crippen LogP contribution is -2.29. The molecular formula is C36H68ClNO2. The summed E-state index contributed by atoms with van der Waals surface area (Å²) in [5.41, 5.74) is 0. The molecule has 0 saturated heterocycles. The Balaban J connectivity index is 0. The van der Waals surface area contributed by atoms with Crippen molar-refractivity contribution >= 4 is 24.2 Å². The molecule has 3 nitrogen and oxygen atoms in total. The predicted octanol–water partition coefficient (Wildman–Crippen LogP) is 12.1. The first-order valence-electron chi connectivity index (χ1n) is 17.3. The third-order valence-electron chi connectivity index (χ3n) is 7.61. The van der Waals surface area contributed by atoms with Gasteiger partial charge in [0.05, 0.1) is 0 Å². The predicted molar refractivity (Wildman–Crippen MR) is 179 cm³/mol. The first-order chi connectivity index (χ1) is 19.2. The molecule has 40 heavy (non-hydrogen) atoms. The Morgan fingerprint density at radius 3 is 0.950 bits per heavy atom. The third-order valence-corrected chi connectivity index (χ3v) is 7.61. The summed E-state index contributed by atoms with van der Waals surface area (Å²) >= 11 is 0. The maximum Gasteiger partial charge on any atom is 0.226 e. The largest absolute Gasteiger partial charge is 0.296 e. The Hall–Kier alpha value is -1.09. The van der Waals surface area contributed by atoms with Crippen molar-refractivity contribution in [3.63, 3.8) is 0 Å². The van der Waals surface area contributed by atoms with E-state index in [1.165, 1.54) is 141 Å². The number of amides is 2. The highest BCUT2D eigenvalue weighted by molar-refractivity contribution is 5.95. The minimum absolute atomic E-state index is 0. The normalized spacial score (nSPS) is 11.3. The molecule has 0 unspecified atom stereocenters. The van der Waals surface area contributed by atoms with Crippen LogP contribution in [0.4, 0.5) is 0 Å². The fourth-order valence-corrected chi connectivity index (χ4v) is 4.99. The minimum Gasteiger partial charge on any atom is -0.296 e. The lowest BCUT2D eigenvalue weighted by atomic mass is 10.1. The maximum atomic E-state index is 12.0. The quantitative estimate of drug-likeness (QED) is 0.0677. The van der Waals surface area contributed by atoms with Crippen molar-refractivity contribution in [3.05, 3.63) is 24.3 Å². The molecule has 0 aromatic carbocycles. The summed E-state index contributed by atoms with van der Waals surface area (Å²) in [6.45, 7) is 4.53. The molecule has 0 aliphatic carbocycles. The molecule has 4 heteroatoms. The second-order valence-electron chi connectivity index (χ2n) is 11.6. The van der Waals surface area contributed by atoms with Gasteiger partial charge in [0.1, 0.15) is 0 Å². The molecule has 0 aromatic heterocycles. The average Bonchev–Trinajstić information content (AvgIpc) is 2.93. The molecule has 0 saturated carbocycles. The molecule has 0 radical (unpaired) electrons. The van der Waals surface area contributed by atoms with Crippen LogP contribution in [-0.2, 0) is 9.59 Å². The second-order valence-corrected chi connectivity index (χ2v) is 11.6. The molecular weight excluding hydrogens is 514 g/mol. The number of allylic oxidation sites excluding steroid dienone is 4. The fraction of sp³-hybridized carbons (Fsp3) is 0.833. The summed E-state index contributed by atoms with van der Waals surface area (Å²) in [7, 11) is 0. The molecule has 0 aliphatic rings. The van der Waals surface area contributed by atoms with E-state index in [0.29, 0.717) is 12.8 Å². The van der Waals surface area contributed by atoms with Crippen LogP contribution in [0.2, 0.25) is 0 Å². The highest BCUT2D eigenvalue weighted by Gasteiger charge is 2.07. The molecule has 0 fully saturated rings. The highest BCUT2D eigenvalue weighted by atomic mass is 35.5. The minimum atomic E-state index is -0.0922. The molecule has 1 N–H and O–H groups in total. The molecule has 0 bridgehead atoms. The van der Waals surface area contributed by atoms with E-state index in [4.69, 9.17) is 0 Å². The highest BCUT2D eigenvalue weighted by Crippen LogP contribution is 2.12. The van der Waals surface area contributed by atoms with Crippen LogP contribution in [0, 0.1) is 0 Å². The van der Waals surface area contributed by atoms with Crippen LogP contribution in [0.3, 0.4) is 0 Å². The van der Waals surface area contributed by atoms with E-state index in [9.17, 15) is 9.59 Å². The molecule has 0 atom stereocenters.